The lowest BCUT2D eigenvalue weighted by Gasteiger charge is -2.37. The molecule has 24 heavy (non-hydrogen) atoms. The third-order valence-corrected chi connectivity index (χ3v) is 4.80. The second-order valence-corrected chi connectivity index (χ2v) is 6.60. The van der Waals surface area contributed by atoms with E-state index in [-0.39, 0.29) is 12.1 Å². The third kappa shape index (κ3) is 4.41. The highest BCUT2D eigenvalue weighted by Crippen LogP contribution is 2.26. The SMILES string of the molecule is CCOc1ccccc1CNC(=O)N1CCCC(OC2CCC2)C1. The lowest BCUT2D eigenvalue weighted by molar-refractivity contribution is -0.0720. The van der Waals surface area contributed by atoms with E-state index in [0.29, 0.717) is 25.8 Å². The topological polar surface area (TPSA) is 50.8 Å². The van der Waals surface area contributed by atoms with Gasteiger partial charge < -0.3 is 19.7 Å². The number of rotatable bonds is 6. The minimum atomic E-state index is -0.0109. The number of piperidine rings is 1. The maximum atomic E-state index is 12.5. The highest BCUT2D eigenvalue weighted by Gasteiger charge is 2.28. The van der Waals surface area contributed by atoms with E-state index < -0.39 is 0 Å². The Hall–Kier alpha value is -1.75. The monoisotopic (exact) mass is 332 g/mol. The summed E-state index contributed by atoms with van der Waals surface area (Å²) in [6.45, 7) is 4.58. The summed E-state index contributed by atoms with van der Waals surface area (Å²) in [6.07, 6.45) is 6.34. The van der Waals surface area contributed by atoms with Crippen LogP contribution >= 0.6 is 0 Å². The number of carbonyl (C=O) groups is 1. The van der Waals surface area contributed by atoms with Crippen LogP contribution in [0.5, 0.6) is 5.75 Å². The van der Waals surface area contributed by atoms with Crippen LogP contribution in [0.2, 0.25) is 0 Å². The van der Waals surface area contributed by atoms with Gasteiger partial charge in [-0.1, -0.05) is 18.2 Å². The first-order chi connectivity index (χ1) is 11.8. The average molecular weight is 332 g/mol. The van der Waals surface area contributed by atoms with Crippen molar-refractivity contribution in [3.05, 3.63) is 29.8 Å². The van der Waals surface area contributed by atoms with Gasteiger partial charge in [0.15, 0.2) is 0 Å². The number of para-hydroxylation sites is 1. The molecule has 5 nitrogen and oxygen atoms in total. The summed E-state index contributed by atoms with van der Waals surface area (Å²) in [6, 6.07) is 7.83. The molecule has 0 bridgehead atoms. The van der Waals surface area contributed by atoms with Crippen LogP contribution in [0.15, 0.2) is 24.3 Å². The summed E-state index contributed by atoms with van der Waals surface area (Å²) in [5.41, 5.74) is 1.01. The van der Waals surface area contributed by atoms with Crippen molar-refractivity contribution in [3.8, 4) is 5.75 Å². The van der Waals surface area contributed by atoms with Crippen LogP contribution in [0.3, 0.4) is 0 Å². The smallest absolute Gasteiger partial charge is 0.317 e. The Morgan fingerprint density at radius 2 is 2.00 bits per heavy atom. The summed E-state index contributed by atoms with van der Waals surface area (Å²) < 4.78 is 11.7. The molecule has 0 radical (unpaired) electrons. The number of amides is 2. The molecule has 1 aliphatic heterocycles. The van der Waals surface area contributed by atoms with Crippen molar-refractivity contribution in [2.75, 3.05) is 19.7 Å². The molecule has 132 valence electrons. The van der Waals surface area contributed by atoms with Crippen molar-refractivity contribution in [3.63, 3.8) is 0 Å². The minimum absolute atomic E-state index is 0.0109. The Labute approximate surface area is 144 Å². The van der Waals surface area contributed by atoms with Crippen LogP contribution in [0.25, 0.3) is 0 Å². The summed E-state index contributed by atoms with van der Waals surface area (Å²) in [5, 5.41) is 3.02. The molecule has 1 aromatic carbocycles. The molecule has 2 fully saturated rings. The molecule has 1 atom stereocenters. The van der Waals surface area contributed by atoms with Gasteiger partial charge in [-0.05, 0) is 45.1 Å². The fraction of sp³-hybridized carbons (Fsp3) is 0.632. The van der Waals surface area contributed by atoms with E-state index >= 15 is 0 Å². The number of urea groups is 1. The molecule has 1 aromatic rings. The predicted octanol–water partition coefficient (Wildman–Crippen LogP) is 3.33. The molecule has 1 saturated carbocycles. The summed E-state index contributed by atoms with van der Waals surface area (Å²) >= 11 is 0. The lowest BCUT2D eigenvalue weighted by Crippen LogP contribution is -2.48. The van der Waals surface area contributed by atoms with E-state index in [0.717, 1.165) is 30.7 Å². The molecular weight excluding hydrogens is 304 g/mol. The van der Waals surface area contributed by atoms with Gasteiger partial charge in [0.25, 0.3) is 0 Å². The molecule has 1 saturated heterocycles. The Bertz CT molecular complexity index is 545. The first kappa shape index (κ1) is 17.1. The van der Waals surface area contributed by atoms with Gasteiger partial charge in [0.05, 0.1) is 18.8 Å². The maximum absolute atomic E-state index is 12.5. The fourth-order valence-corrected chi connectivity index (χ4v) is 3.24. The third-order valence-electron chi connectivity index (χ3n) is 4.80. The first-order valence-corrected chi connectivity index (χ1v) is 9.15. The van der Waals surface area contributed by atoms with E-state index in [1.54, 1.807) is 0 Å². The Morgan fingerprint density at radius 3 is 2.75 bits per heavy atom. The second-order valence-electron chi connectivity index (χ2n) is 6.60. The minimum Gasteiger partial charge on any atom is -0.494 e. The van der Waals surface area contributed by atoms with E-state index in [2.05, 4.69) is 5.32 Å². The fourth-order valence-electron chi connectivity index (χ4n) is 3.24. The molecular formula is C19H28N2O3. The average Bonchev–Trinajstić information content (AvgIpc) is 2.58. The molecule has 1 heterocycles. The highest BCUT2D eigenvalue weighted by molar-refractivity contribution is 5.74. The number of likely N-dealkylation sites (tertiary alicyclic amines) is 1. The van der Waals surface area contributed by atoms with Crippen LogP contribution < -0.4 is 10.1 Å². The molecule has 1 N–H and O–H groups in total. The molecule has 0 aromatic heterocycles. The van der Waals surface area contributed by atoms with Crippen LogP contribution in [-0.2, 0) is 11.3 Å². The van der Waals surface area contributed by atoms with Crippen LogP contribution in [0.1, 0.15) is 44.6 Å². The Kier molecular flexibility index (Phi) is 5.96. The Balaban J connectivity index is 1.49. The standard InChI is InChI=1S/C19H28N2O3/c1-2-23-18-11-4-3-7-15(18)13-20-19(22)21-12-6-10-17(14-21)24-16-8-5-9-16/h3-4,7,11,16-17H,2,5-6,8-10,12-14H2,1H3,(H,20,22). The van der Waals surface area contributed by atoms with Crippen LogP contribution in [0.4, 0.5) is 4.79 Å². The first-order valence-electron chi connectivity index (χ1n) is 9.15. The van der Waals surface area contributed by atoms with Gasteiger partial charge in [-0.2, -0.15) is 0 Å². The second kappa shape index (κ2) is 8.38. The van der Waals surface area contributed by atoms with Crippen molar-refractivity contribution >= 4 is 6.03 Å². The highest BCUT2D eigenvalue weighted by atomic mass is 16.5. The number of hydrogen-bond acceptors (Lipinski definition) is 3. The number of ether oxygens (including phenoxy) is 2. The zero-order valence-electron chi connectivity index (χ0n) is 14.5. The zero-order chi connectivity index (χ0) is 16.8. The summed E-state index contributed by atoms with van der Waals surface area (Å²) in [5.74, 6) is 0.838. The maximum Gasteiger partial charge on any atom is 0.317 e. The molecule has 1 aliphatic carbocycles. The number of hydrogen-bond donors (Lipinski definition) is 1. The van der Waals surface area contributed by atoms with Gasteiger partial charge in [0, 0.05) is 25.2 Å². The van der Waals surface area contributed by atoms with E-state index in [1.165, 1.54) is 19.3 Å². The summed E-state index contributed by atoms with van der Waals surface area (Å²) in [4.78, 5) is 14.4. The van der Waals surface area contributed by atoms with Crippen molar-refractivity contribution in [2.24, 2.45) is 0 Å². The molecule has 5 heteroatoms. The normalized spacial score (nSPS) is 21.2. The molecule has 3 rings (SSSR count). The largest absolute Gasteiger partial charge is 0.494 e. The number of nitrogens with one attached hydrogen (secondary N) is 1. The van der Waals surface area contributed by atoms with Gasteiger partial charge in [0.1, 0.15) is 5.75 Å². The van der Waals surface area contributed by atoms with Gasteiger partial charge in [-0.15, -0.1) is 0 Å². The zero-order valence-corrected chi connectivity index (χ0v) is 14.5. The Morgan fingerprint density at radius 1 is 1.21 bits per heavy atom. The number of nitrogens with zero attached hydrogens (tertiary/aromatic N) is 1. The molecule has 2 aliphatic rings. The van der Waals surface area contributed by atoms with Crippen molar-refractivity contribution < 1.29 is 14.3 Å². The number of benzene rings is 1. The number of carbonyl (C=O) groups excluding carboxylic acids is 1. The van der Waals surface area contributed by atoms with E-state index in [1.807, 2.05) is 36.1 Å². The van der Waals surface area contributed by atoms with Crippen molar-refractivity contribution in [2.45, 2.75) is 57.8 Å². The summed E-state index contributed by atoms with van der Waals surface area (Å²) in [7, 11) is 0. The van der Waals surface area contributed by atoms with Crippen LogP contribution in [0, 0.1) is 0 Å². The van der Waals surface area contributed by atoms with Gasteiger partial charge in [-0.25, -0.2) is 4.79 Å². The van der Waals surface area contributed by atoms with Crippen molar-refractivity contribution in [1.29, 1.82) is 0 Å². The molecule has 0 spiro atoms. The van der Waals surface area contributed by atoms with Gasteiger partial charge >= 0.3 is 6.03 Å². The van der Waals surface area contributed by atoms with Gasteiger partial charge in [-0.3, -0.25) is 0 Å². The molecule has 2 amide bonds. The van der Waals surface area contributed by atoms with E-state index in [4.69, 9.17) is 9.47 Å². The van der Waals surface area contributed by atoms with Crippen LogP contribution in [-0.4, -0.2) is 42.8 Å². The predicted molar refractivity (Wildman–Crippen MR) is 93.2 cm³/mol. The van der Waals surface area contributed by atoms with E-state index in [9.17, 15) is 4.79 Å². The lowest BCUT2D eigenvalue weighted by atomic mass is 9.95. The van der Waals surface area contributed by atoms with Crippen molar-refractivity contribution in [1.82, 2.24) is 10.2 Å². The van der Waals surface area contributed by atoms with Gasteiger partial charge in [0.2, 0.25) is 0 Å². The molecule has 1 unspecified atom stereocenters. The quantitative estimate of drug-likeness (QED) is 0.869.